The van der Waals surface area contributed by atoms with Crippen molar-refractivity contribution in [3.8, 4) is 0 Å². The van der Waals surface area contributed by atoms with E-state index in [-0.39, 0.29) is 12.0 Å². The molecule has 2 atom stereocenters. The lowest BCUT2D eigenvalue weighted by Crippen LogP contribution is -2.54. The number of likely N-dealkylation sites (N-methyl/N-ethyl adjacent to an activating group) is 1. The van der Waals surface area contributed by atoms with Crippen LogP contribution in [0.2, 0.25) is 0 Å². The number of carbonyl (C=O) groups is 1. The Hall–Kier alpha value is -0.610. The fourth-order valence-electron chi connectivity index (χ4n) is 2.76. The maximum atomic E-state index is 11.5. The molecule has 0 spiro atoms. The predicted molar refractivity (Wildman–Crippen MR) is 73.3 cm³/mol. The zero-order valence-corrected chi connectivity index (χ0v) is 12.0. The Bertz CT molecular complexity index is 265. The van der Waals surface area contributed by atoms with Crippen molar-refractivity contribution in [2.75, 3.05) is 13.2 Å². The summed E-state index contributed by atoms with van der Waals surface area (Å²) < 4.78 is 5.87. The summed E-state index contributed by atoms with van der Waals surface area (Å²) in [6.45, 7) is 7.41. The van der Waals surface area contributed by atoms with Gasteiger partial charge < -0.3 is 15.8 Å². The molecule has 0 aromatic carbocycles. The smallest absolute Gasteiger partial charge is 0.237 e. The highest BCUT2D eigenvalue weighted by Gasteiger charge is 2.32. The number of hydrogen-bond acceptors (Lipinski definition) is 3. The van der Waals surface area contributed by atoms with Gasteiger partial charge in [0.2, 0.25) is 5.91 Å². The van der Waals surface area contributed by atoms with Crippen LogP contribution < -0.4 is 11.1 Å². The van der Waals surface area contributed by atoms with E-state index in [0.29, 0.717) is 12.3 Å². The second-order valence-corrected chi connectivity index (χ2v) is 5.73. The predicted octanol–water partition coefficient (Wildman–Crippen LogP) is 1.83. The molecular formula is C14H28N2O2. The van der Waals surface area contributed by atoms with E-state index in [1.807, 2.05) is 20.8 Å². The first kappa shape index (κ1) is 15.4. The minimum atomic E-state index is -0.663. The average Bonchev–Trinajstić information content (AvgIpc) is 2.79. The van der Waals surface area contributed by atoms with Gasteiger partial charge in [-0.1, -0.05) is 19.8 Å². The second-order valence-electron chi connectivity index (χ2n) is 5.73. The van der Waals surface area contributed by atoms with E-state index in [4.69, 9.17) is 10.5 Å². The van der Waals surface area contributed by atoms with E-state index in [1.54, 1.807) is 0 Å². The van der Waals surface area contributed by atoms with Gasteiger partial charge in [0.15, 0.2) is 0 Å². The van der Waals surface area contributed by atoms with E-state index in [1.165, 1.54) is 25.7 Å². The molecule has 0 aromatic rings. The molecule has 1 amide bonds. The quantitative estimate of drug-likeness (QED) is 0.696. The third kappa shape index (κ3) is 4.58. The Kier molecular flexibility index (Phi) is 6.09. The van der Waals surface area contributed by atoms with Crippen LogP contribution in [0, 0.1) is 5.92 Å². The highest BCUT2D eigenvalue weighted by molar-refractivity contribution is 5.84. The Labute approximate surface area is 111 Å². The fraction of sp³-hybridized carbons (Fsp3) is 0.929. The molecule has 1 rings (SSSR count). The molecule has 0 saturated heterocycles. The van der Waals surface area contributed by atoms with Crippen molar-refractivity contribution >= 4 is 5.91 Å². The van der Waals surface area contributed by atoms with Crippen LogP contribution in [0.3, 0.4) is 0 Å². The molecule has 3 N–H and O–H groups in total. The third-order valence-corrected chi connectivity index (χ3v) is 3.90. The summed E-state index contributed by atoms with van der Waals surface area (Å²) in [5, 5.41) is 3.16. The second kappa shape index (κ2) is 7.10. The molecule has 4 nitrogen and oxygen atoms in total. The number of amides is 1. The van der Waals surface area contributed by atoms with Gasteiger partial charge in [0, 0.05) is 13.0 Å². The first-order valence-corrected chi connectivity index (χ1v) is 7.14. The number of hydrogen-bond donors (Lipinski definition) is 2. The topological polar surface area (TPSA) is 64.3 Å². The zero-order valence-electron chi connectivity index (χ0n) is 12.0. The van der Waals surface area contributed by atoms with Gasteiger partial charge in [-0.2, -0.15) is 0 Å². The molecule has 0 radical (unpaired) electrons. The van der Waals surface area contributed by atoms with E-state index in [2.05, 4.69) is 5.32 Å². The van der Waals surface area contributed by atoms with E-state index < -0.39 is 5.54 Å². The number of ether oxygens (including phenoxy) is 1. The number of nitrogens with two attached hydrogens (primary N) is 1. The Morgan fingerprint density at radius 1 is 1.50 bits per heavy atom. The number of carbonyl (C=O) groups excluding carboxylic acids is 1. The standard InChI is InChI=1S/C14H28N2O2/c1-4-16-14(3,13(15)17)9-11(2)18-10-12-7-5-6-8-12/h11-12,16H,4-10H2,1-3H3,(H2,15,17). The van der Waals surface area contributed by atoms with Crippen LogP contribution in [0.5, 0.6) is 0 Å². The van der Waals surface area contributed by atoms with Gasteiger partial charge in [0.05, 0.1) is 11.6 Å². The van der Waals surface area contributed by atoms with E-state index >= 15 is 0 Å². The monoisotopic (exact) mass is 256 g/mol. The number of rotatable bonds is 8. The van der Waals surface area contributed by atoms with Crippen molar-refractivity contribution in [2.45, 2.75) is 64.5 Å². The lowest BCUT2D eigenvalue weighted by atomic mass is 9.94. The van der Waals surface area contributed by atoms with Crippen LogP contribution in [0.25, 0.3) is 0 Å². The first-order chi connectivity index (χ1) is 8.48. The zero-order chi connectivity index (χ0) is 13.6. The Morgan fingerprint density at radius 2 is 2.11 bits per heavy atom. The molecule has 1 saturated carbocycles. The Morgan fingerprint density at radius 3 is 2.61 bits per heavy atom. The van der Waals surface area contributed by atoms with Gasteiger partial charge in [-0.05, 0) is 39.2 Å². The summed E-state index contributed by atoms with van der Waals surface area (Å²) in [6.07, 6.45) is 5.92. The van der Waals surface area contributed by atoms with Crippen LogP contribution in [-0.2, 0) is 9.53 Å². The highest BCUT2D eigenvalue weighted by Crippen LogP contribution is 2.25. The number of primary amides is 1. The van der Waals surface area contributed by atoms with Gasteiger partial charge in [0.1, 0.15) is 0 Å². The molecule has 1 aliphatic rings. The largest absolute Gasteiger partial charge is 0.378 e. The van der Waals surface area contributed by atoms with Crippen LogP contribution in [-0.4, -0.2) is 30.7 Å². The van der Waals surface area contributed by atoms with Gasteiger partial charge in [-0.15, -0.1) is 0 Å². The van der Waals surface area contributed by atoms with Crippen molar-refractivity contribution in [2.24, 2.45) is 11.7 Å². The van der Waals surface area contributed by atoms with E-state index in [9.17, 15) is 4.79 Å². The van der Waals surface area contributed by atoms with Crippen LogP contribution in [0.1, 0.15) is 52.9 Å². The van der Waals surface area contributed by atoms with E-state index in [0.717, 1.165) is 13.2 Å². The van der Waals surface area contributed by atoms with Crippen LogP contribution >= 0.6 is 0 Å². The van der Waals surface area contributed by atoms with Gasteiger partial charge in [-0.3, -0.25) is 4.79 Å². The van der Waals surface area contributed by atoms with Crippen molar-refractivity contribution in [1.82, 2.24) is 5.32 Å². The first-order valence-electron chi connectivity index (χ1n) is 7.14. The minimum Gasteiger partial charge on any atom is -0.378 e. The summed E-state index contributed by atoms with van der Waals surface area (Å²) in [7, 11) is 0. The summed E-state index contributed by atoms with van der Waals surface area (Å²) in [6, 6.07) is 0. The average molecular weight is 256 g/mol. The molecule has 0 aromatic heterocycles. The van der Waals surface area contributed by atoms with Crippen molar-refractivity contribution in [1.29, 1.82) is 0 Å². The van der Waals surface area contributed by atoms with Crippen molar-refractivity contribution in [3.05, 3.63) is 0 Å². The SMILES string of the molecule is CCNC(C)(CC(C)OCC1CCCC1)C(N)=O. The summed E-state index contributed by atoms with van der Waals surface area (Å²) in [5.41, 5.74) is 4.80. The fourth-order valence-corrected chi connectivity index (χ4v) is 2.76. The Balaban J connectivity index is 2.35. The normalized spacial score (nSPS) is 21.7. The van der Waals surface area contributed by atoms with Crippen molar-refractivity contribution in [3.63, 3.8) is 0 Å². The molecule has 106 valence electrons. The van der Waals surface area contributed by atoms with Gasteiger partial charge >= 0.3 is 0 Å². The molecular weight excluding hydrogens is 228 g/mol. The molecule has 0 bridgehead atoms. The van der Waals surface area contributed by atoms with Crippen LogP contribution in [0.15, 0.2) is 0 Å². The number of nitrogens with one attached hydrogen (secondary N) is 1. The molecule has 18 heavy (non-hydrogen) atoms. The van der Waals surface area contributed by atoms with Crippen molar-refractivity contribution < 1.29 is 9.53 Å². The summed E-state index contributed by atoms with van der Waals surface area (Å²) >= 11 is 0. The molecule has 2 unspecified atom stereocenters. The highest BCUT2D eigenvalue weighted by atomic mass is 16.5. The van der Waals surface area contributed by atoms with Gasteiger partial charge in [0.25, 0.3) is 0 Å². The molecule has 1 fully saturated rings. The maximum Gasteiger partial charge on any atom is 0.237 e. The lowest BCUT2D eigenvalue weighted by molar-refractivity contribution is -0.125. The summed E-state index contributed by atoms with van der Waals surface area (Å²) in [4.78, 5) is 11.5. The molecule has 0 aliphatic heterocycles. The van der Waals surface area contributed by atoms with Gasteiger partial charge in [-0.25, -0.2) is 0 Å². The summed E-state index contributed by atoms with van der Waals surface area (Å²) in [5.74, 6) is 0.409. The minimum absolute atomic E-state index is 0.0575. The molecule has 0 heterocycles. The third-order valence-electron chi connectivity index (χ3n) is 3.90. The molecule has 4 heteroatoms. The maximum absolute atomic E-state index is 11.5. The van der Waals surface area contributed by atoms with Crippen LogP contribution in [0.4, 0.5) is 0 Å². The lowest BCUT2D eigenvalue weighted by Gasteiger charge is -2.30. The molecule has 1 aliphatic carbocycles.